The van der Waals surface area contributed by atoms with E-state index < -0.39 is 0 Å². The molecule has 0 saturated carbocycles. The van der Waals surface area contributed by atoms with E-state index in [2.05, 4.69) is 10.3 Å². The second-order valence-electron chi connectivity index (χ2n) is 1.72. The number of carbonyl (C=O) groups excluding carboxylic acids is 1. The fraction of sp³-hybridized carbons (Fsp3) is 0.667. The predicted octanol–water partition coefficient (Wildman–Crippen LogP) is 0.358. The highest BCUT2D eigenvalue weighted by molar-refractivity contribution is 5.74. The van der Waals surface area contributed by atoms with Gasteiger partial charge >= 0.3 is 0 Å². The van der Waals surface area contributed by atoms with Crippen LogP contribution in [0.25, 0.3) is 0 Å². The van der Waals surface area contributed by atoms with Gasteiger partial charge in [-0.15, -0.1) is 0 Å². The van der Waals surface area contributed by atoms with Crippen molar-refractivity contribution in [2.24, 2.45) is 0 Å². The van der Waals surface area contributed by atoms with Crippen LogP contribution in [0, 0.1) is 11.3 Å². The number of nitrogens with one attached hydrogen (secondary N) is 1. The third kappa shape index (κ3) is 5.06. The number of carbonyl (C=O) groups is 1. The molecule has 0 heterocycles. The molecule has 4 nitrogen and oxygen atoms in total. The van der Waals surface area contributed by atoms with Gasteiger partial charge in [0.25, 0.3) is 0 Å². The van der Waals surface area contributed by atoms with Crippen LogP contribution in [0.4, 0.5) is 0 Å². The topological polar surface area (TPSA) is 62.1 Å². The lowest BCUT2D eigenvalue weighted by molar-refractivity contribution is -0.132. The molecule has 0 saturated heterocycles. The molecule has 0 spiro atoms. The maximum atomic E-state index is 10.6. The summed E-state index contributed by atoms with van der Waals surface area (Å²) in [5, 5.41) is 7.98. The zero-order valence-electron chi connectivity index (χ0n) is 5.89. The maximum absolute atomic E-state index is 10.6. The Balaban J connectivity index is 3.15. The van der Waals surface area contributed by atoms with E-state index in [0.717, 1.165) is 6.42 Å². The molecule has 0 aliphatic heterocycles. The lowest BCUT2D eigenvalue weighted by Gasteiger charge is -1.99. The fourth-order valence-electron chi connectivity index (χ4n) is 0.427. The van der Waals surface area contributed by atoms with Gasteiger partial charge in [-0.05, 0) is 6.42 Å². The summed E-state index contributed by atoms with van der Waals surface area (Å²) in [7, 11) is 0. The quantitative estimate of drug-likeness (QED) is 0.455. The Morgan fingerprint density at radius 2 is 2.50 bits per heavy atom. The van der Waals surface area contributed by atoms with Crippen LogP contribution >= 0.6 is 0 Å². The van der Waals surface area contributed by atoms with Crippen molar-refractivity contribution in [1.29, 1.82) is 5.26 Å². The van der Waals surface area contributed by atoms with E-state index in [1.807, 2.05) is 6.92 Å². The number of nitriles is 1. The van der Waals surface area contributed by atoms with E-state index in [-0.39, 0.29) is 12.5 Å². The van der Waals surface area contributed by atoms with Gasteiger partial charge in [0.2, 0.25) is 5.91 Å². The van der Waals surface area contributed by atoms with E-state index in [4.69, 9.17) is 5.26 Å². The molecule has 1 amide bonds. The predicted molar refractivity (Wildman–Crippen MR) is 34.6 cm³/mol. The summed E-state index contributed by atoms with van der Waals surface area (Å²) in [4.78, 5) is 15.0. The summed E-state index contributed by atoms with van der Waals surface area (Å²) in [5.41, 5.74) is 2.12. The SMILES string of the molecule is CCCC(=O)NOCC#N. The molecule has 10 heavy (non-hydrogen) atoms. The minimum atomic E-state index is -0.183. The Hall–Kier alpha value is -1.08. The van der Waals surface area contributed by atoms with Crippen molar-refractivity contribution in [2.45, 2.75) is 19.8 Å². The van der Waals surface area contributed by atoms with Crippen molar-refractivity contribution in [3.63, 3.8) is 0 Å². The Bertz CT molecular complexity index is 139. The molecule has 0 radical (unpaired) electrons. The van der Waals surface area contributed by atoms with Crippen molar-refractivity contribution in [2.75, 3.05) is 6.61 Å². The molecule has 0 aliphatic carbocycles. The van der Waals surface area contributed by atoms with E-state index in [9.17, 15) is 4.79 Å². The van der Waals surface area contributed by atoms with Crippen LogP contribution in [0.1, 0.15) is 19.8 Å². The van der Waals surface area contributed by atoms with Crippen LogP contribution in [0.15, 0.2) is 0 Å². The molecule has 0 bridgehead atoms. The van der Waals surface area contributed by atoms with Gasteiger partial charge in [-0.3, -0.25) is 9.63 Å². The molecule has 0 unspecified atom stereocenters. The van der Waals surface area contributed by atoms with Gasteiger partial charge in [0, 0.05) is 6.42 Å². The van der Waals surface area contributed by atoms with Gasteiger partial charge in [0.1, 0.15) is 0 Å². The highest BCUT2D eigenvalue weighted by Gasteiger charge is 1.95. The van der Waals surface area contributed by atoms with E-state index in [0.29, 0.717) is 6.42 Å². The minimum absolute atomic E-state index is 0.102. The average Bonchev–Trinajstić information content (AvgIpc) is 1.89. The molecule has 0 aromatic rings. The molecule has 0 aromatic carbocycles. The van der Waals surface area contributed by atoms with Crippen molar-refractivity contribution in [3.8, 4) is 6.07 Å². The van der Waals surface area contributed by atoms with Gasteiger partial charge in [-0.1, -0.05) is 6.92 Å². The van der Waals surface area contributed by atoms with Crippen molar-refractivity contribution in [1.82, 2.24) is 5.48 Å². The van der Waals surface area contributed by atoms with Crippen LogP contribution in [0.3, 0.4) is 0 Å². The fourth-order valence-corrected chi connectivity index (χ4v) is 0.427. The normalized spacial score (nSPS) is 8.40. The summed E-state index contributed by atoms with van der Waals surface area (Å²) < 4.78 is 0. The number of nitrogens with zero attached hydrogens (tertiary/aromatic N) is 1. The lowest BCUT2D eigenvalue weighted by Crippen LogP contribution is -2.23. The van der Waals surface area contributed by atoms with Gasteiger partial charge in [-0.25, -0.2) is 5.48 Å². The molecule has 0 aliphatic rings. The standard InChI is InChI=1S/C6H10N2O2/c1-2-3-6(9)8-10-5-4-7/h2-3,5H2,1H3,(H,8,9). The zero-order chi connectivity index (χ0) is 7.82. The smallest absolute Gasteiger partial charge is 0.243 e. The largest absolute Gasteiger partial charge is 0.273 e. The van der Waals surface area contributed by atoms with Crippen LogP contribution in [0.5, 0.6) is 0 Å². The first-order valence-electron chi connectivity index (χ1n) is 3.08. The second kappa shape index (κ2) is 6.05. The third-order valence-electron chi connectivity index (χ3n) is 0.800. The lowest BCUT2D eigenvalue weighted by atomic mass is 10.3. The molecule has 0 atom stereocenters. The summed E-state index contributed by atoms with van der Waals surface area (Å²) in [6, 6.07) is 1.73. The Morgan fingerprint density at radius 1 is 1.80 bits per heavy atom. The number of rotatable bonds is 4. The molecule has 4 heteroatoms. The van der Waals surface area contributed by atoms with Gasteiger partial charge in [0.05, 0.1) is 6.07 Å². The highest BCUT2D eigenvalue weighted by Crippen LogP contribution is 1.84. The molecule has 0 aromatic heterocycles. The number of hydrogen-bond donors (Lipinski definition) is 1. The molecule has 0 fully saturated rings. The van der Waals surface area contributed by atoms with Gasteiger partial charge in [0.15, 0.2) is 6.61 Å². The summed E-state index contributed by atoms with van der Waals surface area (Å²) in [6.45, 7) is 1.79. The van der Waals surface area contributed by atoms with Gasteiger partial charge in [-0.2, -0.15) is 5.26 Å². The first-order chi connectivity index (χ1) is 4.81. The van der Waals surface area contributed by atoms with E-state index in [1.165, 1.54) is 0 Å². The molecular formula is C6H10N2O2. The maximum Gasteiger partial charge on any atom is 0.243 e. The van der Waals surface area contributed by atoms with Crippen LogP contribution < -0.4 is 5.48 Å². The van der Waals surface area contributed by atoms with E-state index in [1.54, 1.807) is 6.07 Å². The van der Waals surface area contributed by atoms with Crippen molar-refractivity contribution in [3.05, 3.63) is 0 Å². The summed E-state index contributed by atoms with van der Waals surface area (Å²) in [5.74, 6) is -0.183. The van der Waals surface area contributed by atoms with Crippen LogP contribution in [0.2, 0.25) is 0 Å². The Kier molecular flexibility index (Phi) is 5.39. The average molecular weight is 142 g/mol. The zero-order valence-corrected chi connectivity index (χ0v) is 5.89. The molecule has 56 valence electrons. The summed E-state index contributed by atoms with van der Waals surface area (Å²) in [6.07, 6.45) is 1.22. The second-order valence-corrected chi connectivity index (χ2v) is 1.72. The summed E-state index contributed by atoms with van der Waals surface area (Å²) >= 11 is 0. The van der Waals surface area contributed by atoms with Gasteiger partial charge < -0.3 is 0 Å². The first kappa shape index (κ1) is 8.92. The minimum Gasteiger partial charge on any atom is -0.273 e. The molecule has 1 N–H and O–H groups in total. The van der Waals surface area contributed by atoms with E-state index >= 15 is 0 Å². The van der Waals surface area contributed by atoms with Crippen LogP contribution in [-0.4, -0.2) is 12.5 Å². The number of hydroxylamine groups is 1. The Morgan fingerprint density at radius 3 is 3.00 bits per heavy atom. The third-order valence-corrected chi connectivity index (χ3v) is 0.800. The van der Waals surface area contributed by atoms with Crippen molar-refractivity contribution < 1.29 is 9.63 Å². The first-order valence-corrected chi connectivity index (χ1v) is 3.08. The van der Waals surface area contributed by atoms with Crippen molar-refractivity contribution >= 4 is 5.91 Å². The molecular weight excluding hydrogens is 132 g/mol. The Labute approximate surface area is 59.7 Å². The van der Waals surface area contributed by atoms with Crippen LogP contribution in [-0.2, 0) is 9.63 Å². The highest BCUT2D eigenvalue weighted by atomic mass is 16.6. The number of hydrogen-bond acceptors (Lipinski definition) is 3. The molecule has 0 rings (SSSR count). The number of amides is 1. The monoisotopic (exact) mass is 142 g/mol.